The molecule has 1 atom stereocenters. The van der Waals surface area contributed by atoms with Gasteiger partial charge < -0.3 is 20.4 Å². The molecule has 1 aliphatic rings. The monoisotopic (exact) mass is 444 g/mol. The summed E-state index contributed by atoms with van der Waals surface area (Å²) >= 11 is 23.9. The Morgan fingerprint density at radius 1 is 1.15 bits per heavy atom. The molecule has 1 heterocycles. The van der Waals surface area contributed by atoms with E-state index in [0.29, 0.717) is 35.2 Å². The number of rotatable bonds is 3. The number of hydrogen-bond donors (Lipinski definition) is 3. The molecule has 4 nitrogen and oxygen atoms in total. The highest BCUT2D eigenvalue weighted by Gasteiger charge is 2.32. The van der Waals surface area contributed by atoms with Crippen LogP contribution in [-0.4, -0.2) is 33.3 Å². The number of aromatic hydroxyl groups is 2. The summed E-state index contributed by atoms with van der Waals surface area (Å²) in [5.74, 6) is -0.763. The fourth-order valence-electron chi connectivity index (χ4n) is 3.33. The lowest BCUT2D eigenvalue weighted by molar-refractivity contribution is 0.311. The molecule has 0 bridgehead atoms. The van der Waals surface area contributed by atoms with Crippen molar-refractivity contribution in [2.24, 2.45) is 0 Å². The minimum absolute atomic E-state index is 0.119. The van der Waals surface area contributed by atoms with E-state index in [1.807, 2.05) is 36.1 Å². The molecule has 144 valence electrons. The van der Waals surface area contributed by atoms with E-state index in [-0.39, 0.29) is 21.8 Å². The summed E-state index contributed by atoms with van der Waals surface area (Å²) in [6.07, 6.45) is 1.39. The van der Waals surface area contributed by atoms with Crippen LogP contribution < -0.4 is 5.32 Å². The molecule has 0 saturated carbocycles. The zero-order valence-electron chi connectivity index (χ0n) is 14.6. The van der Waals surface area contributed by atoms with Crippen LogP contribution in [0.5, 0.6) is 11.5 Å². The molecule has 1 unspecified atom stereocenters. The Morgan fingerprint density at radius 3 is 2.44 bits per heavy atom. The van der Waals surface area contributed by atoms with Gasteiger partial charge >= 0.3 is 0 Å². The second kappa shape index (κ2) is 8.31. The highest BCUT2D eigenvalue weighted by Crippen LogP contribution is 2.49. The Balaban J connectivity index is 1.70. The zero-order chi connectivity index (χ0) is 19.7. The third-order valence-corrected chi connectivity index (χ3v) is 6.24. The van der Waals surface area contributed by atoms with Crippen molar-refractivity contribution in [2.75, 3.05) is 13.1 Å². The summed E-state index contributed by atoms with van der Waals surface area (Å²) in [5.41, 5.74) is 2.62. The van der Waals surface area contributed by atoms with Gasteiger partial charge in [0.1, 0.15) is 0 Å². The van der Waals surface area contributed by atoms with Crippen molar-refractivity contribution in [1.82, 2.24) is 10.2 Å². The van der Waals surface area contributed by atoms with Gasteiger partial charge in [-0.05, 0) is 55.2 Å². The van der Waals surface area contributed by atoms with Gasteiger partial charge in [-0.1, -0.05) is 46.9 Å². The Kier molecular flexibility index (Phi) is 6.26. The molecule has 0 aromatic heterocycles. The maximum atomic E-state index is 10.0. The number of nitrogens with one attached hydrogen (secondary N) is 1. The molecule has 1 aliphatic heterocycles. The third kappa shape index (κ3) is 4.06. The second-order valence-corrected chi connectivity index (χ2v) is 8.02. The predicted octanol–water partition coefficient (Wildman–Crippen LogP) is 5.09. The standard InChI is InChI=1S/C19H19Cl3N2O2S/c1-10-14-13(15(21)17(25)18(26)16(14)22)7-9-24(10)19(27)23-8-6-11-2-4-12(20)5-3-11/h2-5,10,25-26H,6-9H2,1H3,(H,23,27). The summed E-state index contributed by atoms with van der Waals surface area (Å²) in [6.45, 7) is 3.27. The number of benzene rings is 2. The van der Waals surface area contributed by atoms with Crippen LogP contribution in [-0.2, 0) is 12.8 Å². The summed E-state index contributed by atoms with van der Waals surface area (Å²) in [6, 6.07) is 7.54. The lowest BCUT2D eigenvalue weighted by Crippen LogP contribution is -2.45. The van der Waals surface area contributed by atoms with Crippen molar-refractivity contribution >= 4 is 52.1 Å². The van der Waals surface area contributed by atoms with E-state index in [0.717, 1.165) is 12.0 Å². The lowest BCUT2D eigenvalue weighted by atomic mass is 9.92. The average molecular weight is 446 g/mol. The van der Waals surface area contributed by atoms with Crippen molar-refractivity contribution in [3.8, 4) is 11.5 Å². The minimum atomic E-state index is -0.393. The number of nitrogens with zero attached hydrogens (tertiary/aromatic N) is 1. The molecular weight excluding hydrogens is 427 g/mol. The first-order valence-corrected chi connectivity index (χ1v) is 10.1. The summed E-state index contributed by atoms with van der Waals surface area (Å²) in [5, 5.41) is 24.8. The highest BCUT2D eigenvalue weighted by atomic mass is 35.5. The highest BCUT2D eigenvalue weighted by molar-refractivity contribution is 7.80. The van der Waals surface area contributed by atoms with Crippen molar-refractivity contribution in [1.29, 1.82) is 0 Å². The zero-order valence-corrected chi connectivity index (χ0v) is 17.7. The summed E-state index contributed by atoms with van der Waals surface area (Å²) in [7, 11) is 0. The normalized spacial score (nSPS) is 16.1. The Morgan fingerprint density at radius 2 is 1.78 bits per heavy atom. The van der Waals surface area contributed by atoms with Gasteiger partial charge in [-0.3, -0.25) is 0 Å². The molecule has 0 fully saturated rings. The van der Waals surface area contributed by atoms with Gasteiger partial charge in [0.2, 0.25) is 0 Å². The van der Waals surface area contributed by atoms with Crippen LogP contribution in [0.3, 0.4) is 0 Å². The number of hydrogen-bond acceptors (Lipinski definition) is 3. The molecule has 2 aromatic carbocycles. The van der Waals surface area contributed by atoms with Gasteiger partial charge in [0.05, 0.1) is 16.1 Å². The Labute approximate surface area is 178 Å². The van der Waals surface area contributed by atoms with Crippen LogP contribution in [0.25, 0.3) is 0 Å². The lowest BCUT2D eigenvalue weighted by Gasteiger charge is -2.38. The van der Waals surface area contributed by atoms with E-state index in [1.165, 1.54) is 5.56 Å². The molecule has 0 radical (unpaired) electrons. The molecule has 0 amide bonds. The van der Waals surface area contributed by atoms with Gasteiger partial charge in [0.25, 0.3) is 0 Å². The number of phenols is 2. The molecule has 0 saturated heterocycles. The fourth-order valence-corrected chi connectivity index (χ4v) is 4.46. The van der Waals surface area contributed by atoms with Crippen molar-refractivity contribution in [3.63, 3.8) is 0 Å². The van der Waals surface area contributed by atoms with Crippen LogP contribution in [0.2, 0.25) is 15.1 Å². The van der Waals surface area contributed by atoms with Crippen LogP contribution >= 0.6 is 47.0 Å². The van der Waals surface area contributed by atoms with Crippen molar-refractivity contribution in [3.05, 3.63) is 56.0 Å². The van der Waals surface area contributed by atoms with Crippen LogP contribution in [0.4, 0.5) is 0 Å². The molecule has 0 spiro atoms. The fraction of sp³-hybridized carbons (Fsp3) is 0.316. The molecule has 3 N–H and O–H groups in total. The number of fused-ring (bicyclic) bond motifs is 1. The topological polar surface area (TPSA) is 55.7 Å². The molecule has 2 aromatic rings. The van der Waals surface area contributed by atoms with Crippen LogP contribution in [0, 0.1) is 0 Å². The summed E-state index contributed by atoms with van der Waals surface area (Å²) < 4.78 is 0. The Hall–Kier alpha value is -1.40. The van der Waals surface area contributed by atoms with Crippen LogP contribution in [0.15, 0.2) is 24.3 Å². The largest absolute Gasteiger partial charge is 0.503 e. The van der Waals surface area contributed by atoms with E-state index >= 15 is 0 Å². The SMILES string of the molecule is CC1c2c(Cl)c(O)c(O)c(Cl)c2CCN1C(=S)NCCc1ccc(Cl)cc1. The minimum Gasteiger partial charge on any atom is -0.503 e. The first-order valence-electron chi connectivity index (χ1n) is 8.51. The van der Waals surface area contributed by atoms with E-state index in [4.69, 9.17) is 47.0 Å². The van der Waals surface area contributed by atoms with E-state index in [9.17, 15) is 10.2 Å². The molecule has 27 heavy (non-hydrogen) atoms. The molecular formula is C19H19Cl3N2O2S. The quantitative estimate of drug-likeness (QED) is 0.453. The molecule has 8 heteroatoms. The predicted molar refractivity (Wildman–Crippen MR) is 114 cm³/mol. The number of phenolic OH excluding ortho intramolecular Hbond substituents is 2. The maximum absolute atomic E-state index is 10.0. The van der Waals surface area contributed by atoms with E-state index < -0.39 is 5.75 Å². The second-order valence-electron chi connectivity index (χ2n) is 6.45. The van der Waals surface area contributed by atoms with E-state index in [1.54, 1.807) is 0 Å². The number of thiocarbonyl (C=S) groups is 1. The van der Waals surface area contributed by atoms with Gasteiger partial charge in [-0.2, -0.15) is 0 Å². The Bertz CT molecular complexity index is 874. The van der Waals surface area contributed by atoms with Gasteiger partial charge in [-0.15, -0.1) is 0 Å². The van der Waals surface area contributed by atoms with Gasteiger partial charge in [0.15, 0.2) is 16.6 Å². The third-order valence-electron chi connectivity index (χ3n) is 4.82. The van der Waals surface area contributed by atoms with Gasteiger partial charge in [0, 0.05) is 23.7 Å². The first-order chi connectivity index (χ1) is 12.8. The molecule has 0 aliphatic carbocycles. The van der Waals surface area contributed by atoms with Crippen molar-refractivity contribution < 1.29 is 10.2 Å². The van der Waals surface area contributed by atoms with Crippen molar-refractivity contribution in [2.45, 2.75) is 25.8 Å². The van der Waals surface area contributed by atoms with Crippen LogP contribution in [0.1, 0.15) is 29.7 Å². The maximum Gasteiger partial charge on any atom is 0.178 e. The first kappa shape index (κ1) is 20.3. The van der Waals surface area contributed by atoms with Gasteiger partial charge in [-0.25, -0.2) is 0 Å². The smallest absolute Gasteiger partial charge is 0.178 e. The molecule has 3 rings (SSSR count). The average Bonchev–Trinajstić information content (AvgIpc) is 2.65. The van der Waals surface area contributed by atoms with E-state index in [2.05, 4.69) is 5.32 Å². The number of halogens is 3. The summed E-state index contributed by atoms with van der Waals surface area (Å²) in [4.78, 5) is 2.01.